The highest BCUT2D eigenvalue weighted by molar-refractivity contribution is 6.30. The molecule has 0 bridgehead atoms. The zero-order valence-corrected chi connectivity index (χ0v) is 12.4. The summed E-state index contributed by atoms with van der Waals surface area (Å²) in [4.78, 5) is 26.2. The Morgan fingerprint density at radius 2 is 2.00 bits per heavy atom. The Kier molecular flexibility index (Phi) is 6.31. The minimum Gasteiger partial charge on any atom is -0.380 e. The molecular weight excluding hydrogens is 268 g/mol. The topological polar surface area (TPSA) is 64.1 Å². The number of nitrogens with one attached hydrogen (secondary N) is 1. The summed E-state index contributed by atoms with van der Waals surface area (Å²) in [6.07, 6.45) is 1.45. The fraction of sp³-hybridized carbons (Fsp3) is 0.692. The molecule has 6 heteroatoms. The quantitative estimate of drug-likeness (QED) is 0.615. The molecule has 0 aromatic carbocycles. The number of aromatic nitrogens is 2. The van der Waals surface area contributed by atoms with Gasteiger partial charge in [0.2, 0.25) is 0 Å². The average Bonchev–Trinajstić information content (AvgIpc) is 2.32. The lowest BCUT2D eigenvalue weighted by Crippen LogP contribution is -2.38. The molecule has 108 valence electrons. The first-order valence-electron chi connectivity index (χ1n) is 6.56. The van der Waals surface area contributed by atoms with Gasteiger partial charge >= 0.3 is 5.69 Å². The number of nitrogens with zero attached hydrogens (tertiary/aromatic N) is 1. The van der Waals surface area contributed by atoms with Crippen molar-refractivity contribution in [3.8, 4) is 0 Å². The van der Waals surface area contributed by atoms with E-state index in [9.17, 15) is 9.59 Å². The molecule has 0 amide bonds. The maximum atomic E-state index is 12.0. The van der Waals surface area contributed by atoms with Crippen LogP contribution in [0.4, 0.5) is 0 Å². The molecule has 0 aliphatic rings. The minimum atomic E-state index is -0.486. The van der Waals surface area contributed by atoms with Gasteiger partial charge in [-0.15, -0.1) is 0 Å². The fourth-order valence-electron chi connectivity index (χ4n) is 1.67. The van der Waals surface area contributed by atoms with Crippen LogP contribution in [0.3, 0.4) is 0 Å². The van der Waals surface area contributed by atoms with Gasteiger partial charge in [-0.1, -0.05) is 32.4 Å². The third-order valence-corrected chi connectivity index (χ3v) is 3.21. The lowest BCUT2D eigenvalue weighted by atomic mass is 10.1. The van der Waals surface area contributed by atoms with Gasteiger partial charge in [0.15, 0.2) is 0 Å². The molecule has 0 spiro atoms. The van der Waals surface area contributed by atoms with Gasteiger partial charge in [0.1, 0.15) is 5.15 Å². The molecule has 0 atom stereocenters. The molecule has 1 aromatic heterocycles. The lowest BCUT2D eigenvalue weighted by Gasteiger charge is -2.09. The van der Waals surface area contributed by atoms with Crippen molar-refractivity contribution in [1.29, 1.82) is 0 Å². The summed E-state index contributed by atoms with van der Waals surface area (Å²) in [7, 11) is 0. The minimum absolute atomic E-state index is 0.134. The van der Waals surface area contributed by atoms with Gasteiger partial charge in [-0.05, 0) is 18.8 Å². The summed E-state index contributed by atoms with van der Waals surface area (Å²) < 4.78 is 6.56. The largest absolute Gasteiger partial charge is 0.380 e. The number of halogens is 1. The molecule has 1 heterocycles. The van der Waals surface area contributed by atoms with Crippen LogP contribution >= 0.6 is 11.6 Å². The van der Waals surface area contributed by atoms with Gasteiger partial charge in [-0.3, -0.25) is 14.3 Å². The van der Waals surface area contributed by atoms with E-state index in [0.29, 0.717) is 31.1 Å². The molecule has 0 fully saturated rings. The van der Waals surface area contributed by atoms with Crippen molar-refractivity contribution in [1.82, 2.24) is 9.55 Å². The number of ether oxygens (including phenoxy) is 1. The summed E-state index contributed by atoms with van der Waals surface area (Å²) in [5.41, 5.74) is -0.383. The van der Waals surface area contributed by atoms with E-state index in [0.717, 1.165) is 11.0 Å². The highest BCUT2D eigenvalue weighted by atomic mass is 35.5. The smallest absolute Gasteiger partial charge is 0.329 e. The summed E-state index contributed by atoms with van der Waals surface area (Å²) in [5, 5.41) is 0.134. The van der Waals surface area contributed by atoms with Crippen LogP contribution in [0.5, 0.6) is 0 Å². The Balaban J connectivity index is 2.69. The molecule has 0 aliphatic heterocycles. The second-order valence-corrected chi connectivity index (χ2v) is 5.21. The van der Waals surface area contributed by atoms with Crippen molar-refractivity contribution in [3.63, 3.8) is 0 Å². The number of aromatic amines is 1. The Hall–Kier alpha value is -1.07. The van der Waals surface area contributed by atoms with E-state index in [2.05, 4.69) is 18.8 Å². The molecule has 0 saturated carbocycles. The van der Waals surface area contributed by atoms with E-state index >= 15 is 0 Å². The van der Waals surface area contributed by atoms with Gasteiger partial charge in [0, 0.05) is 6.61 Å². The van der Waals surface area contributed by atoms with Crippen LogP contribution < -0.4 is 11.2 Å². The van der Waals surface area contributed by atoms with E-state index in [4.69, 9.17) is 16.3 Å². The molecule has 0 saturated heterocycles. The van der Waals surface area contributed by atoms with E-state index in [-0.39, 0.29) is 17.3 Å². The second-order valence-electron chi connectivity index (χ2n) is 4.83. The Morgan fingerprint density at radius 3 is 2.58 bits per heavy atom. The zero-order chi connectivity index (χ0) is 14.4. The van der Waals surface area contributed by atoms with Crippen LogP contribution in [0.2, 0.25) is 5.15 Å². The van der Waals surface area contributed by atoms with Crippen LogP contribution in [-0.4, -0.2) is 22.8 Å². The van der Waals surface area contributed by atoms with Crippen molar-refractivity contribution in [3.05, 3.63) is 31.6 Å². The highest BCUT2D eigenvalue weighted by Gasteiger charge is 2.10. The fourth-order valence-corrected chi connectivity index (χ4v) is 1.97. The van der Waals surface area contributed by atoms with E-state index in [1.807, 2.05) is 6.92 Å². The van der Waals surface area contributed by atoms with Crippen molar-refractivity contribution >= 4 is 11.6 Å². The first-order chi connectivity index (χ1) is 8.97. The summed E-state index contributed by atoms with van der Waals surface area (Å²) in [6.45, 7) is 7.29. The molecular formula is C13H21ClN2O3. The maximum absolute atomic E-state index is 12.0. The SMILES string of the molecule is CCc1c(Cl)[nH]c(=O)n(CCOCCC(C)C)c1=O. The number of hydrogen-bond acceptors (Lipinski definition) is 3. The first kappa shape index (κ1) is 16.0. The lowest BCUT2D eigenvalue weighted by molar-refractivity contribution is 0.114. The van der Waals surface area contributed by atoms with Crippen LogP contribution in [0.25, 0.3) is 0 Å². The third-order valence-electron chi connectivity index (χ3n) is 2.88. The maximum Gasteiger partial charge on any atom is 0.329 e. The van der Waals surface area contributed by atoms with Crippen molar-refractivity contribution in [2.75, 3.05) is 13.2 Å². The van der Waals surface area contributed by atoms with Gasteiger partial charge in [-0.25, -0.2) is 4.79 Å². The van der Waals surface area contributed by atoms with Gasteiger partial charge in [0.05, 0.1) is 18.7 Å². The monoisotopic (exact) mass is 288 g/mol. The molecule has 0 aliphatic carbocycles. The number of hydrogen-bond donors (Lipinski definition) is 1. The molecule has 19 heavy (non-hydrogen) atoms. The summed E-state index contributed by atoms with van der Waals surface area (Å²) in [6, 6.07) is 0. The van der Waals surface area contributed by atoms with Crippen LogP contribution in [-0.2, 0) is 17.7 Å². The molecule has 0 radical (unpaired) electrons. The number of H-pyrrole nitrogens is 1. The van der Waals surface area contributed by atoms with E-state index < -0.39 is 5.69 Å². The van der Waals surface area contributed by atoms with Crippen molar-refractivity contribution in [2.45, 2.75) is 40.2 Å². The molecule has 5 nitrogen and oxygen atoms in total. The van der Waals surface area contributed by atoms with Crippen LogP contribution in [0, 0.1) is 5.92 Å². The van der Waals surface area contributed by atoms with Gasteiger partial charge < -0.3 is 4.74 Å². The van der Waals surface area contributed by atoms with Crippen molar-refractivity contribution in [2.24, 2.45) is 5.92 Å². The normalized spacial score (nSPS) is 11.2. The summed E-state index contributed by atoms with van der Waals surface area (Å²) in [5.74, 6) is 0.577. The third kappa shape index (κ3) is 4.51. The Morgan fingerprint density at radius 1 is 1.32 bits per heavy atom. The Bertz CT molecular complexity index is 520. The predicted molar refractivity (Wildman–Crippen MR) is 76.0 cm³/mol. The van der Waals surface area contributed by atoms with Crippen LogP contribution in [0.1, 0.15) is 32.8 Å². The average molecular weight is 289 g/mol. The predicted octanol–water partition coefficient (Wildman–Crippen LogP) is 1.82. The Labute approximate surface area is 117 Å². The second kappa shape index (κ2) is 7.50. The molecule has 0 unspecified atom stereocenters. The van der Waals surface area contributed by atoms with Gasteiger partial charge in [-0.2, -0.15) is 0 Å². The van der Waals surface area contributed by atoms with Crippen molar-refractivity contribution < 1.29 is 4.74 Å². The molecule has 1 aromatic rings. The molecule has 1 N–H and O–H groups in total. The van der Waals surface area contributed by atoms with E-state index in [1.165, 1.54) is 0 Å². The van der Waals surface area contributed by atoms with Gasteiger partial charge in [0.25, 0.3) is 5.56 Å². The first-order valence-corrected chi connectivity index (χ1v) is 6.94. The summed E-state index contributed by atoms with van der Waals surface area (Å²) >= 11 is 5.83. The van der Waals surface area contributed by atoms with E-state index in [1.54, 1.807) is 0 Å². The zero-order valence-electron chi connectivity index (χ0n) is 11.7. The van der Waals surface area contributed by atoms with Crippen LogP contribution in [0.15, 0.2) is 9.59 Å². The highest BCUT2D eigenvalue weighted by Crippen LogP contribution is 2.05. The molecule has 1 rings (SSSR count). The standard InChI is InChI=1S/C13H21ClN2O3/c1-4-10-11(14)15-13(18)16(12(10)17)6-8-19-7-5-9(2)3/h9H,4-8H2,1-3H3,(H,15,18). The number of rotatable bonds is 7.